The van der Waals surface area contributed by atoms with Crippen molar-refractivity contribution < 1.29 is 15.0 Å². The average Bonchev–Trinajstić information content (AvgIpc) is 2.64. The summed E-state index contributed by atoms with van der Waals surface area (Å²) in [6.07, 6.45) is 10.4. The molecule has 8 atom stereocenters. The monoisotopic (exact) mass is 442 g/mol. The molecule has 0 aromatic heterocycles. The molecule has 0 bridgehead atoms. The van der Waals surface area contributed by atoms with Gasteiger partial charge in [-0.05, 0) is 90.4 Å². The molecule has 5 aliphatic carbocycles. The van der Waals surface area contributed by atoms with Crippen molar-refractivity contribution in [1.82, 2.24) is 0 Å². The van der Waals surface area contributed by atoms with Gasteiger partial charge in [-0.15, -0.1) is 0 Å². The van der Waals surface area contributed by atoms with Crippen LogP contribution in [0.5, 0.6) is 0 Å². The Balaban J connectivity index is 1.62. The van der Waals surface area contributed by atoms with Crippen molar-refractivity contribution in [3.63, 3.8) is 0 Å². The molecule has 0 amide bonds. The Kier molecular flexibility index (Phi) is 4.69. The van der Waals surface area contributed by atoms with Crippen molar-refractivity contribution in [2.75, 3.05) is 0 Å². The highest BCUT2D eigenvalue weighted by Gasteiger charge is 2.70. The SMILES string of the molecule is CC1(C)CC[C@@H]2C(=O)C[C@]3(C)C(=CC[C@H]4[C@@]5(C)CC[C@H](O)C(C)(C)[C@H]5CC[C@]43C)[C@]2(O)C1. The van der Waals surface area contributed by atoms with Crippen LogP contribution in [0.3, 0.4) is 0 Å². The predicted molar refractivity (Wildman–Crippen MR) is 128 cm³/mol. The molecule has 0 saturated heterocycles. The molecule has 32 heavy (non-hydrogen) atoms. The van der Waals surface area contributed by atoms with Crippen molar-refractivity contribution >= 4 is 5.78 Å². The average molecular weight is 443 g/mol. The summed E-state index contributed by atoms with van der Waals surface area (Å²) in [6.45, 7) is 16.3. The van der Waals surface area contributed by atoms with E-state index in [1.165, 1.54) is 5.57 Å². The Hall–Kier alpha value is -0.670. The van der Waals surface area contributed by atoms with E-state index in [2.05, 4.69) is 54.5 Å². The maximum absolute atomic E-state index is 13.6. The number of Topliss-reactive ketones (excluding diaryl/α,β-unsaturated/α-hetero) is 1. The number of hydrogen-bond donors (Lipinski definition) is 2. The molecule has 2 N–H and O–H groups in total. The summed E-state index contributed by atoms with van der Waals surface area (Å²) in [4.78, 5) is 13.6. The summed E-state index contributed by atoms with van der Waals surface area (Å²) in [5.41, 5.74) is 0.111. The van der Waals surface area contributed by atoms with Gasteiger partial charge in [0, 0.05) is 11.8 Å². The molecule has 3 heteroatoms. The second-order valence-corrected chi connectivity index (χ2v) is 14.6. The first kappa shape index (κ1) is 23.1. The molecule has 3 nitrogen and oxygen atoms in total. The molecule has 0 spiro atoms. The topological polar surface area (TPSA) is 57.5 Å². The van der Waals surface area contributed by atoms with Gasteiger partial charge in [0.05, 0.1) is 17.6 Å². The fourth-order valence-electron chi connectivity index (χ4n) is 10.3. The van der Waals surface area contributed by atoms with Gasteiger partial charge in [-0.3, -0.25) is 4.79 Å². The lowest BCUT2D eigenvalue weighted by molar-refractivity contribution is -0.209. The normalized spacial score (nSPS) is 53.9. The Morgan fingerprint density at radius 3 is 2.28 bits per heavy atom. The van der Waals surface area contributed by atoms with Gasteiger partial charge >= 0.3 is 0 Å². The first-order chi connectivity index (χ1) is 14.6. The highest BCUT2D eigenvalue weighted by Crippen LogP contribution is 2.74. The second kappa shape index (κ2) is 6.51. The van der Waals surface area contributed by atoms with Gasteiger partial charge in [0.15, 0.2) is 0 Å². The number of rotatable bonds is 0. The predicted octanol–water partition coefficient (Wildman–Crippen LogP) is 6.07. The molecule has 0 unspecified atom stereocenters. The zero-order valence-corrected chi connectivity index (χ0v) is 21.6. The van der Waals surface area contributed by atoms with Crippen molar-refractivity contribution in [1.29, 1.82) is 0 Å². The van der Waals surface area contributed by atoms with Gasteiger partial charge in [-0.1, -0.05) is 54.5 Å². The summed E-state index contributed by atoms with van der Waals surface area (Å²) >= 11 is 0. The minimum atomic E-state index is -0.973. The lowest BCUT2D eigenvalue weighted by Gasteiger charge is -2.71. The van der Waals surface area contributed by atoms with E-state index in [1.54, 1.807) is 0 Å². The molecule has 4 saturated carbocycles. The highest BCUT2D eigenvalue weighted by atomic mass is 16.3. The number of hydrogen-bond acceptors (Lipinski definition) is 3. The largest absolute Gasteiger partial charge is 0.393 e. The van der Waals surface area contributed by atoms with Crippen LogP contribution >= 0.6 is 0 Å². The van der Waals surface area contributed by atoms with Crippen molar-refractivity contribution in [2.45, 2.75) is 118 Å². The van der Waals surface area contributed by atoms with Crippen LogP contribution in [0.4, 0.5) is 0 Å². The molecule has 5 aliphatic rings. The van der Waals surface area contributed by atoms with Crippen LogP contribution in [0, 0.1) is 44.8 Å². The highest BCUT2D eigenvalue weighted by molar-refractivity contribution is 5.86. The quantitative estimate of drug-likeness (QED) is 0.447. The molecule has 4 fully saturated rings. The summed E-state index contributed by atoms with van der Waals surface area (Å²) in [7, 11) is 0. The summed E-state index contributed by atoms with van der Waals surface area (Å²) in [5, 5.41) is 23.1. The standard InChI is InChI=1S/C29H46O3/c1-24(2)13-10-18-19(30)16-28(7)22(29(18,32)17-24)9-8-21-26(5)14-12-23(31)25(3,4)20(26)11-15-27(21,28)6/h9,18,20-21,23,31-32H,8,10-17H2,1-7H3/t18-,20-,21+,23+,26+,27-,28-,29+/m1/s1. The third-order valence-corrected chi connectivity index (χ3v) is 12.3. The third kappa shape index (κ3) is 2.65. The van der Waals surface area contributed by atoms with E-state index in [9.17, 15) is 15.0 Å². The van der Waals surface area contributed by atoms with Crippen LogP contribution in [0.15, 0.2) is 11.6 Å². The van der Waals surface area contributed by atoms with E-state index in [1.807, 2.05) is 0 Å². The molecular weight excluding hydrogens is 396 g/mol. The number of allylic oxidation sites excluding steroid dienone is 1. The van der Waals surface area contributed by atoms with Gasteiger partial charge in [0.25, 0.3) is 0 Å². The first-order valence-electron chi connectivity index (χ1n) is 13.3. The Labute approximate surface area is 195 Å². The zero-order valence-electron chi connectivity index (χ0n) is 21.6. The number of aliphatic hydroxyl groups is 2. The lowest BCUT2D eigenvalue weighted by atomic mass is 9.34. The van der Waals surface area contributed by atoms with Crippen LogP contribution in [0.25, 0.3) is 0 Å². The molecule has 0 radical (unpaired) electrons. The number of ketones is 1. The number of carbonyl (C=O) groups excluding carboxylic acids is 1. The van der Waals surface area contributed by atoms with Gasteiger partial charge in [0.2, 0.25) is 0 Å². The van der Waals surface area contributed by atoms with Crippen LogP contribution in [-0.4, -0.2) is 27.7 Å². The van der Waals surface area contributed by atoms with E-state index in [4.69, 9.17) is 0 Å². The Morgan fingerprint density at radius 1 is 0.906 bits per heavy atom. The number of carbonyl (C=O) groups is 1. The minimum Gasteiger partial charge on any atom is -0.393 e. The van der Waals surface area contributed by atoms with Crippen molar-refractivity contribution in [2.24, 2.45) is 44.8 Å². The fourth-order valence-corrected chi connectivity index (χ4v) is 10.3. The third-order valence-electron chi connectivity index (χ3n) is 12.3. The van der Waals surface area contributed by atoms with Crippen molar-refractivity contribution in [3.8, 4) is 0 Å². The maximum Gasteiger partial charge on any atom is 0.140 e. The molecule has 180 valence electrons. The van der Waals surface area contributed by atoms with Gasteiger partial charge in [-0.25, -0.2) is 0 Å². The second-order valence-electron chi connectivity index (χ2n) is 14.6. The van der Waals surface area contributed by atoms with Crippen LogP contribution in [0.2, 0.25) is 0 Å². The van der Waals surface area contributed by atoms with Crippen LogP contribution < -0.4 is 0 Å². The molecule has 5 rings (SSSR count). The molecule has 0 aliphatic heterocycles. The Bertz CT molecular complexity index is 870. The Morgan fingerprint density at radius 2 is 1.59 bits per heavy atom. The van der Waals surface area contributed by atoms with E-state index in [-0.39, 0.29) is 39.1 Å². The van der Waals surface area contributed by atoms with E-state index in [0.29, 0.717) is 30.5 Å². The zero-order chi connectivity index (χ0) is 23.5. The maximum atomic E-state index is 13.6. The molecule has 0 heterocycles. The van der Waals surface area contributed by atoms with E-state index >= 15 is 0 Å². The molecular formula is C29H46O3. The minimum absolute atomic E-state index is 0.00133. The fraction of sp³-hybridized carbons (Fsp3) is 0.897. The number of aliphatic hydroxyl groups excluding tert-OH is 1. The van der Waals surface area contributed by atoms with Gasteiger partial charge < -0.3 is 10.2 Å². The summed E-state index contributed by atoms with van der Waals surface area (Å²) < 4.78 is 0. The van der Waals surface area contributed by atoms with Gasteiger partial charge in [-0.2, -0.15) is 0 Å². The molecule has 0 aromatic carbocycles. The van der Waals surface area contributed by atoms with Crippen LogP contribution in [0.1, 0.15) is 106 Å². The summed E-state index contributed by atoms with van der Waals surface area (Å²) in [5.74, 6) is 1.07. The first-order valence-corrected chi connectivity index (χ1v) is 13.3. The molecule has 0 aromatic rings. The lowest BCUT2D eigenvalue weighted by Crippen LogP contribution is -2.67. The van der Waals surface area contributed by atoms with E-state index in [0.717, 1.165) is 44.9 Å². The number of fused-ring (bicyclic) bond motifs is 7. The van der Waals surface area contributed by atoms with Crippen LogP contribution in [-0.2, 0) is 4.79 Å². The van der Waals surface area contributed by atoms with Gasteiger partial charge in [0.1, 0.15) is 5.78 Å². The van der Waals surface area contributed by atoms with Crippen molar-refractivity contribution in [3.05, 3.63) is 11.6 Å². The van der Waals surface area contributed by atoms with E-state index < -0.39 is 5.60 Å². The summed E-state index contributed by atoms with van der Waals surface area (Å²) in [6, 6.07) is 0. The smallest absolute Gasteiger partial charge is 0.140 e.